The number of nitro benzene ring substituents is 1. The highest BCUT2D eigenvalue weighted by Crippen LogP contribution is 2.27. The maximum absolute atomic E-state index is 12.5. The fourth-order valence-electron chi connectivity index (χ4n) is 2.51. The Balaban J connectivity index is 1.85. The van der Waals surface area contributed by atoms with Gasteiger partial charge in [-0.25, -0.2) is 14.5 Å². The van der Waals surface area contributed by atoms with Gasteiger partial charge in [-0.2, -0.15) is 5.10 Å². The summed E-state index contributed by atoms with van der Waals surface area (Å²) in [5.74, 6) is -1.64. The summed E-state index contributed by atoms with van der Waals surface area (Å²) in [7, 11) is 0. The van der Waals surface area contributed by atoms with Crippen LogP contribution in [0, 0.1) is 10.1 Å². The fourth-order valence-corrected chi connectivity index (χ4v) is 2.51. The number of phenols is 1. The predicted molar refractivity (Wildman–Crippen MR) is 100 cm³/mol. The van der Waals surface area contributed by atoms with Crippen molar-refractivity contribution in [3.8, 4) is 11.4 Å². The van der Waals surface area contributed by atoms with Gasteiger partial charge in [0, 0.05) is 11.6 Å². The van der Waals surface area contributed by atoms with Crippen LogP contribution in [-0.4, -0.2) is 43.3 Å². The number of anilines is 1. The highest BCUT2D eigenvalue weighted by Gasteiger charge is 2.20. The number of carbonyl (C=O) groups excluding carboxylic acids is 2. The van der Waals surface area contributed by atoms with Crippen molar-refractivity contribution in [1.82, 2.24) is 14.8 Å². The van der Waals surface area contributed by atoms with Gasteiger partial charge in [-0.15, -0.1) is 0 Å². The van der Waals surface area contributed by atoms with Crippen LogP contribution in [0.2, 0.25) is 0 Å². The molecule has 0 saturated heterocycles. The van der Waals surface area contributed by atoms with E-state index in [2.05, 4.69) is 15.4 Å². The fraction of sp³-hybridized carbons (Fsp3) is 0.111. The first kappa shape index (κ1) is 19.5. The topological polar surface area (TPSA) is 149 Å². The first-order chi connectivity index (χ1) is 13.9. The first-order valence-electron chi connectivity index (χ1n) is 8.35. The second-order valence-corrected chi connectivity index (χ2v) is 5.71. The van der Waals surface area contributed by atoms with Crippen LogP contribution in [0.3, 0.4) is 0 Å². The molecule has 0 aliphatic heterocycles. The van der Waals surface area contributed by atoms with Crippen molar-refractivity contribution in [3.05, 3.63) is 70.3 Å². The Bertz CT molecular complexity index is 1080. The van der Waals surface area contributed by atoms with E-state index in [9.17, 15) is 24.8 Å². The SMILES string of the molecule is CCOC(=O)c1ccc(NC(=O)c2ccc(-n3cncn3)c([N+](=O)[O-])c2)c(O)c1. The number of hydrogen-bond acceptors (Lipinski definition) is 8. The summed E-state index contributed by atoms with van der Waals surface area (Å²) in [5, 5.41) is 27.7. The molecule has 2 N–H and O–H groups in total. The summed E-state index contributed by atoms with van der Waals surface area (Å²) in [6.45, 7) is 1.83. The molecular weight excluding hydrogens is 382 g/mol. The molecule has 11 heteroatoms. The Morgan fingerprint density at radius 2 is 2.00 bits per heavy atom. The molecule has 0 radical (unpaired) electrons. The monoisotopic (exact) mass is 397 g/mol. The molecule has 3 rings (SSSR count). The lowest BCUT2D eigenvalue weighted by Gasteiger charge is -2.10. The third kappa shape index (κ3) is 4.18. The molecule has 1 heterocycles. The zero-order valence-corrected chi connectivity index (χ0v) is 15.1. The number of nitrogens with one attached hydrogen (secondary N) is 1. The molecular formula is C18H15N5O6. The molecule has 0 saturated carbocycles. The van der Waals surface area contributed by atoms with Gasteiger partial charge in [-0.3, -0.25) is 14.9 Å². The van der Waals surface area contributed by atoms with Gasteiger partial charge in [-0.05, 0) is 37.3 Å². The van der Waals surface area contributed by atoms with Crippen LogP contribution in [0.1, 0.15) is 27.6 Å². The van der Waals surface area contributed by atoms with Gasteiger partial charge in [0.1, 0.15) is 24.1 Å². The third-order valence-corrected chi connectivity index (χ3v) is 3.86. The molecule has 29 heavy (non-hydrogen) atoms. The molecule has 1 amide bonds. The van der Waals surface area contributed by atoms with Crippen molar-refractivity contribution in [1.29, 1.82) is 0 Å². The maximum Gasteiger partial charge on any atom is 0.338 e. The zero-order valence-electron chi connectivity index (χ0n) is 15.1. The number of esters is 1. The number of phenolic OH excluding ortho intramolecular Hbond substituents is 1. The number of aromatic hydroxyl groups is 1. The molecule has 0 spiro atoms. The normalized spacial score (nSPS) is 10.4. The second-order valence-electron chi connectivity index (χ2n) is 5.71. The van der Waals surface area contributed by atoms with Crippen LogP contribution in [0.15, 0.2) is 49.1 Å². The first-order valence-corrected chi connectivity index (χ1v) is 8.35. The number of benzene rings is 2. The molecule has 11 nitrogen and oxygen atoms in total. The number of hydrogen-bond donors (Lipinski definition) is 2. The van der Waals surface area contributed by atoms with E-state index in [0.29, 0.717) is 0 Å². The molecule has 3 aromatic rings. The van der Waals surface area contributed by atoms with Crippen molar-refractivity contribution in [2.24, 2.45) is 0 Å². The Hall–Kier alpha value is -4.28. The van der Waals surface area contributed by atoms with Gasteiger partial charge in [0.2, 0.25) is 0 Å². The summed E-state index contributed by atoms with van der Waals surface area (Å²) in [5.41, 5.74) is -0.0496. The minimum Gasteiger partial charge on any atom is -0.506 e. The van der Waals surface area contributed by atoms with Crippen LogP contribution in [-0.2, 0) is 4.74 Å². The average molecular weight is 397 g/mol. The summed E-state index contributed by atoms with van der Waals surface area (Å²) in [6, 6.07) is 7.70. The Labute approximate surface area is 163 Å². The Morgan fingerprint density at radius 1 is 1.24 bits per heavy atom. The molecule has 2 aromatic carbocycles. The van der Waals surface area contributed by atoms with Crippen molar-refractivity contribution < 1.29 is 24.4 Å². The average Bonchev–Trinajstić information content (AvgIpc) is 3.23. The molecule has 0 aliphatic carbocycles. The Morgan fingerprint density at radius 3 is 2.62 bits per heavy atom. The van der Waals surface area contributed by atoms with Gasteiger partial charge < -0.3 is 15.2 Å². The van der Waals surface area contributed by atoms with Crippen molar-refractivity contribution in [2.45, 2.75) is 6.92 Å². The maximum atomic E-state index is 12.5. The highest BCUT2D eigenvalue weighted by molar-refractivity contribution is 6.06. The van der Waals surface area contributed by atoms with Crippen molar-refractivity contribution >= 4 is 23.3 Å². The van der Waals surface area contributed by atoms with Crippen LogP contribution >= 0.6 is 0 Å². The van der Waals surface area contributed by atoms with E-state index in [1.54, 1.807) is 6.92 Å². The van der Waals surface area contributed by atoms with E-state index in [4.69, 9.17) is 4.74 Å². The predicted octanol–water partition coefficient (Wildman–Crippen LogP) is 2.31. The molecule has 0 bridgehead atoms. The standard InChI is InChI=1S/C18H15N5O6/c1-2-29-18(26)12-3-5-13(16(24)8-12)21-17(25)11-4-6-14(15(7-11)23(27)28)22-10-19-9-20-22/h3-10,24H,2H2,1H3,(H,21,25). The van der Waals surface area contributed by atoms with Gasteiger partial charge in [0.25, 0.3) is 11.6 Å². The molecule has 1 aromatic heterocycles. The van der Waals surface area contributed by atoms with Gasteiger partial charge in [0.05, 0.1) is 22.8 Å². The van der Waals surface area contributed by atoms with Crippen LogP contribution in [0.25, 0.3) is 5.69 Å². The number of nitrogens with zero attached hydrogens (tertiary/aromatic N) is 4. The number of carbonyl (C=O) groups is 2. The minimum absolute atomic E-state index is 0.00515. The van der Waals surface area contributed by atoms with E-state index in [1.807, 2.05) is 0 Å². The highest BCUT2D eigenvalue weighted by atomic mass is 16.6. The lowest BCUT2D eigenvalue weighted by molar-refractivity contribution is -0.384. The number of nitro groups is 1. The quantitative estimate of drug-likeness (QED) is 0.278. The van der Waals surface area contributed by atoms with Gasteiger partial charge in [0.15, 0.2) is 0 Å². The van der Waals surface area contributed by atoms with Crippen molar-refractivity contribution in [3.63, 3.8) is 0 Å². The van der Waals surface area contributed by atoms with E-state index in [-0.39, 0.29) is 40.5 Å². The van der Waals surface area contributed by atoms with Crippen LogP contribution in [0.4, 0.5) is 11.4 Å². The molecule has 148 valence electrons. The van der Waals surface area contributed by atoms with E-state index < -0.39 is 16.8 Å². The van der Waals surface area contributed by atoms with E-state index >= 15 is 0 Å². The lowest BCUT2D eigenvalue weighted by atomic mass is 10.1. The van der Waals surface area contributed by atoms with E-state index in [1.165, 1.54) is 41.6 Å². The summed E-state index contributed by atoms with van der Waals surface area (Å²) < 4.78 is 6.05. The number of ether oxygens (including phenoxy) is 1. The number of aromatic nitrogens is 3. The van der Waals surface area contributed by atoms with Crippen LogP contribution < -0.4 is 5.32 Å². The Kier molecular flexibility index (Phi) is 5.49. The summed E-state index contributed by atoms with van der Waals surface area (Å²) in [6.07, 6.45) is 2.53. The lowest BCUT2D eigenvalue weighted by Crippen LogP contribution is -2.13. The van der Waals surface area contributed by atoms with E-state index in [0.717, 1.165) is 12.1 Å². The molecule has 0 atom stereocenters. The van der Waals surface area contributed by atoms with Crippen molar-refractivity contribution in [2.75, 3.05) is 11.9 Å². The largest absolute Gasteiger partial charge is 0.506 e. The van der Waals surface area contributed by atoms with Gasteiger partial charge >= 0.3 is 5.97 Å². The second kappa shape index (κ2) is 8.17. The van der Waals surface area contributed by atoms with Crippen LogP contribution in [0.5, 0.6) is 5.75 Å². The minimum atomic E-state index is -0.683. The summed E-state index contributed by atoms with van der Waals surface area (Å²) in [4.78, 5) is 38.7. The molecule has 0 fully saturated rings. The number of amides is 1. The van der Waals surface area contributed by atoms with Gasteiger partial charge in [-0.1, -0.05) is 0 Å². The molecule has 0 unspecified atom stereocenters. The molecule has 0 aliphatic rings. The third-order valence-electron chi connectivity index (χ3n) is 3.86. The smallest absolute Gasteiger partial charge is 0.338 e. The summed E-state index contributed by atoms with van der Waals surface area (Å²) >= 11 is 0. The number of rotatable bonds is 6. The zero-order chi connectivity index (χ0) is 21.0.